The van der Waals surface area contributed by atoms with Crippen LogP contribution in [0.5, 0.6) is 0 Å². The second-order valence-corrected chi connectivity index (χ2v) is 7.46. The SMILES string of the molecule is CO[C@@]12CC[C@@H](NC(C)=O)C[C@@H]1N(C(=O)c1cccc(-n3cnnc3)n1)CC2. The van der Waals surface area contributed by atoms with E-state index in [-0.39, 0.29) is 29.5 Å². The lowest BCUT2D eigenvalue weighted by molar-refractivity contribution is -0.121. The van der Waals surface area contributed by atoms with Gasteiger partial charge in [0.25, 0.3) is 5.91 Å². The molecule has 0 bridgehead atoms. The number of carbonyl (C=O) groups excluding carboxylic acids is 2. The van der Waals surface area contributed by atoms with Crippen molar-refractivity contribution < 1.29 is 14.3 Å². The molecule has 1 aliphatic carbocycles. The molecule has 3 atom stereocenters. The van der Waals surface area contributed by atoms with Crippen molar-refractivity contribution in [1.82, 2.24) is 30.0 Å². The van der Waals surface area contributed by atoms with E-state index >= 15 is 0 Å². The predicted molar refractivity (Wildman–Crippen MR) is 99.8 cm³/mol. The molecule has 2 aromatic heterocycles. The summed E-state index contributed by atoms with van der Waals surface area (Å²) >= 11 is 0. The van der Waals surface area contributed by atoms with Gasteiger partial charge in [-0.15, -0.1) is 10.2 Å². The predicted octanol–water partition coefficient (Wildman–Crippen LogP) is 0.951. The van der Waals surface area contributed by atoms with E-state index in [1.807, 2.05) is 4.90 Å². The van der Waals surface area contributed by atoms with Crippen molar-refractivity contribution in [2.24, 2.45) is 0 Å². The number of pyridine rings is 1. The molecule has 0 unspecified atom stereocenters. The summed E-state index contributed by atoms with van der Waals surface area (Å²) < 4.78 is 7.57. The summed E-state index contributed by atoms with van der Waals surface area (Å²) in [4.78, 5) is 31.1. The van der Waals surface area contributed by atoms with Gasteiger partial charge in [0.2, 0.25) is 5.91 Å². The standard InChI is InChI=1S/C19H24N6O3/c1-13(26)22-14-6-7-19(28-2)8-9-25(16(19)10-14)18(27)15-4-3-5-17(23-15)24-11-20-21-12-24/h3-5,11-12,14,16H,6-10H2,1-2H3,(H,22,26)/t14-,16+,19-/m1/s1. The monoisotopic (exact) mass is 384 g/mol. The van der Waals surface area contributed by atoms with Crippen molar-refractivity contribution in [3.8, 4) is 5.82 Å². The zero-order chi connectivity index (χ0) is 19.7. The van der Waals surface area contributed by atoms with Gasteiger partial charge < -0.3 is 15.0 Å². The first-order valence-electron chi connectivity index (χ1n) is 9.48. The molecular formula is C19H24N6O3. The summed E-state index contributed by atoms with van der Waals surface area (Å²) in [5, 5.41) is 10.6. The number of amides is 2. The van der Waals surface area contributed by atoms with Gasteiger partial charge in [0.15, 0.2) is 0 Å². The Labute approximate surface area is 163 Å². The quantitative estimate of drug-likeness (QED) is 0.842. The smallest absolute Gasteiger partial charge is 0.272 e. The number of nitrogens with zero attached hydrogens (tertiary/aromatic N) is 5. The Morgan fingerprint density at radius 1 is 1.25 bits per heavy atom. The Morgan fingerprint density at radius 3 is 2.75 bits per heavy atom. The van der Waals surface area contributed by atoms with Gasteiger partial charge in [-0.25, -0.2) is 4.98 Å². The van der Waals surface area contributed by atoms with Crippen LogP contribution in [0.25, 0.3) is 5.82 Å². The van der Waals surface area contributed by atoms with Gasteiger partial charge in [-0.05, 0) is 37.8 Å². The first-order valence-corrected chi connectivity index (χ1v) is 9.48. The van der Waals surface area contributed by atoms with Crippen LogP contribution in [0.1, 0.15) is 43.1 Å². The van der Waals surface area contributed by atoms with Crippen LogP contribution in [-0.2, 0) is 9.53 Å². The van der Waals surface area contributed by atoms with Crippen LogP contribution >= 0.6 is 0 Å². The summed E-state index contributed by atoms with van der Waals surface area (Å²) in [7, 11) is 1.71. The van der Waals surface area contributed by atoms with E-state index < -0.39 is 0 Å². The number of likely N-dealkylation sites (tertiary alicyclic amines) is 1. The van der Waals surface area contributed by atoms with E-state index in [0.29, 0.717) is 24.5 Å². The molecule has 0 aromatic carbocycles. The van der Waals surface area contributed by atoms with E-state index in [9.17, 15) is 9.59 Å². The van der Waals surface area contributed by atoms with Crippen molar-refractivity contribution in [1.29, 1.82) is 0 Å². The van der Waals surface area contributed by atoms with Gasteiger partial charge in [0.1, 0.15) is 24.2 Å². The van der Waals surface area contributed by atoms with Crippen LogP contribution in [0.3, 0.4) is 0 Å². The van der Waals surface area contributed by atoms with Crippen LogP contribution in [0, 0.1) is 0 Å². The van der Waals surface area contributed by atoms with E-state index in [0.717, 1.165) is 19.3 Å². The summed E-state index contributed by atoms with van der Waals surface area (Å²) in [6.07, 6.45) is 6.23. The van der Waals surface area contributed by atoms with Crippen molar-refractivity contribution in [2.45, 2.75) is 50.3 Å². The normalized spacial score (nSPS) is 26.7. The number of hydrogen-bond donors (Lipinski definition) is 1. The molecule has 148 valence electrons. The average molecular weight is 384 g/mol. The Morgan fingerprint density at radius 2 is 2.04 bits per heavy atom. The topological polar surface area (TPSA) is 102 Å². The number of carbonyl (C=O) groups is 2. The van der Waals surface area contributed by atoms with Crippen LogP contribution in [0.4, 0.5) is 0 Å². The molecule has 9 heteroatoms. The highest BCUT2D eigenvalue weighted by Gasteiger charge is 2.52. The number of rotatable bonds is 4. The fourth-order valence-electron chi connectivity index (χ4n) is 4.51. The number of aromatic nitrogens is 4. The highest BCUT2D eigenvalue weighted by molar-refractivity contribution is 5.93. The zero-order valence-corrected chi connectivity index (χ0v) is 16.0. The van der Waals surface area contributed by atoms with Crippen molar-refractivity contribution in [3.63, 3.8) is 0 Å². The van der Waals surface area contributed by atoms with Gasteiger partial charge in [0, 0.05) is 26.6 Å². The second kappa shape index (κ2) is 7.31. The fraction of sp³-hybridized carbons (Fsp3) is 0.526. The molecule has 2 aliphatic rings. The Balaban J connectivity index is 1.59. The molecule has 2 amide bonds. The number of ether oxygens (including phenoxy) is 1. The third-order valence-corrected chi connectivity index (χ3v) is 5.89. The number of hydrogen-bond acceptors (Lipinski definition) is 6. The minimum absolute atomic E-state index is 0.0471. The van der Waals surface area contributed by atoms with Gasteiger partial charge in [-0.3, -0.25) is 14.2 Å². The number of fused-ring (bicyclic) bond motifs is 1. The third-order valence-electron chi connectivity index (χ3n) is 5.89. The third kappa shape index (κ3) is 3.26. The molecule has 2 aromatic rings. The van der Waals surface area contributed by atoms with Gasteiger partial charge in [-0.2, -0.15) is 0 Å². The molecule has 4 rings (SSSR count). The van der Waals surface area contributed by atoms with Crippen molar-refractivity contribution >= 4 is 11.8 Å². The Kier molecular flexibility index (Phi) is 4.84. The van der Waals surface area contributed by atoms with E-state index in [2.05, 4.69) is 20.5 Å². The molecule has 0 radical (unpaired) electrons. The highest BCUT2D eigenvalue weighted by Crippen LogP contribution is 2.42. The Hall–Kier alpha value is -2.81. The maximum Gasteiger partial charge on any atom is 0.272 e. The molecule has 1 saturated carbocycles. The lowest BCUT2D eigenvalue weighted by atomic mass is 9.78. The number of methoxy groups -OCH3 is 1. The maximum atomic E-state index is 13.3. The summed E-state index contributed by atoms with van der Waals surface area (Å²) in [5.41, 5.74) is 0.0241. The van der Waals surface area contributed by atoms with Crippen molar-refractivity contribution in [2.75, 3.05) is 13.7 Å². The van der Waals surface area contributed by atoms with Gasteiger partial charge in [-0.1, -0.05) is 6.07 Å². The van der Waals surface area contributed by atoms with Gasteiger partial charge >= 0.3 is 0 Å². The Bertz CT molecular complexity index is 870. The molecular weight excluding hydrogens is 360 g/mol. The maximum absolute atomic E-state index is 13.3. The highest BCUT2D eigenvalue weighted by atomic mass is 16.5. The van der Waals surface area contributed by atoms with Crippen molar-refractivity contribution in [3.05, 3.63) is 36.5 Å². The largest absolute Gasteiger partial charge is 0.376 e. The first-order chi connectivity index (χ1) is 13.5. The first kappa shape index (κ1) is 18.5. The van der Waals surface area contributed by atoms with Crippen LogP contribution in [0.15, 0.2) is 30.9 Å². The molecule has 2 fully saturated rings. The summed E-state index contributed by atoms with van der Waals surface area (Å²) in [6.45, 7) is 2.14. The summed E-state index contributed by atoms with van der Waals surface area (Å²) in [6, 6.07) is 5.29. The molecule has 28 heavy (non-hydrogen) atoms. The lowest BCUT2D eigenvalue weighted by Crippen LogP contribution is -2.55. The van der Waals surface area contributed by atoms with Crippen LogP contribution < -0.4 is 5.32 Å². The van der Waals surface area contributed by atoms with Crippen LogP contribution in [-0.4, -0.2) is 67.8 Å². The lowest BCUT2D eigenvalue weighted by Gasteiger charge is -2.43. The molecule has 3 heterocycles. The molecule has 1 N–H and O–H groups in total. The van der Waals surface area contributed by atoms with E-state index in [1.54, 1.807) is 42.5 Å². The molecule has 0 spiro atoms. The van der Waals surface area contributed by atoms with E-state index in [4.69, 9.17) is 4.74 Å². The average Bonchev–Trinajstić information content (AvgIpc) is 3.35. The number of nitrogens with one attached hydrogen (secondary N) is 1. The molecule has 1 aliphatic heterocycles. The second-order valence-electron chi connectivity index (χ2n) is 7.46. The summed E-state index contributed by atoms with van der Waals surface area (Å²) in [5.74, 6) is 0.421. The van der Waals surface area contributed by atoms with Gasteiger partial charge in [0.05, 0.1) is 11.6 Å². The van der Waals surface area contributed by atoms with E-state index in [1.165, 1.54) is 6.92 Å². The minimum atomic E-state index is -0.351. The molecule has 1 saturated heterocycles. The minimum Gasteiger partial charge on any atom is -0.376 e. The molecule has 9 nitrogen and oxygen atoms in total. The zero-order valence-electron chi connectivity index (χ0n) is 16.0. The fourth-order valence-corrected chi connectivity index (χ4v) is 4.51. The van der Waals surface area contributed by atoms with Crippen LogP contribution in [0.2, 0.25) is 0 Å².